The van der Waals surface area contributed by atoms with Crippen LogP contribution in [0.1, 0.15) is 22.7 Å². The third-order valence-electron chi connectivity index (χ3n) is 3.64. The van der Waals surface area contributed by atoms with Crippen molar-refractivity contribution in [3.05, 3.63) is 34.9 Å². The van der Waals surface area contributed by atoms with Gasteiger partial charge in [-0.15, -0.1) is 0 Å². The number of benzene rings is 1. The van der Waals surface area contributed by atoms with Gasteiger partial charge in [0.05, 0.1) is 12.6 Å². The molecule has 94 valence electrons. The van der Waals surface area contributed by atoms with Crippen molar-refractivity contribution in [2.24, 2.45) is 0 Å². The summed E-state index contributed by atoms with van der Waals surface area (Å²) < 4.78 is 0. The van der Waals surface area contributed by atoms with Crippen molar-refractivity contribution < 1.29 is 5.11 Å². The van der Waals surface area contributed by atoms with E-state index >= 15 is 0 Å². The van der Waals surface area contributed by atoms with Crippen molar-refractivity contribution in [2.45, 2.75) is 19.9 Å². The summed E-state index contributed by atoms with van der Waals surface area (Å²) in [5.41, 5.74) is 3.86. The van der Waals surface area contributed by atoms with Gasteiger partial charge in [0.25, 0.3) is 0 Å². The van der Waals surface area contributed by atoms with Gasteiger partial charge in [0, 0.05) is 26.2 Å². The summed E-state index contributed by atoms with van der Waals surface area (Å²) in [5.74, 6) is 0. The molecule has 0 radical (unpaired) electrons. The summed E-state index contributed by atoms with van der Waals surface area (Å²) in [4.78, 5) is 2.38. The number of nitrogens with zero attached hydrogens (tertiary/aromatic N) is 1. The lowest BCUT2D eigenvalue weighted by atomic mass is 9.95. The maximum absolute atomic E-state index is 9.72. The minimum atomic E-state index is 0.151. The van der Waals surface area contributed by atoms with E-state index in [1.807, 2.05) is 0 Å². The molecule has 0 spiro atoms. The molecular weight excluding hydrogens is 212 g/mol. The van der Waals surface area contributed by atoms with Gasteiger partial charge in [0.15, 0.2) is 0 Å². The second-order valence-electron chi connectivity index (χ2n) is 4.79. The summed E-state index contributed by atoms with van der Waals surface area (Å²) >= 11 is 0. The second-order valence-corrected chi connectivity index (χ2v) is 4.79. The molecule has 2 rings (SSSR count). The van der Waals surface area contributed by atoms with Crippen LogP contribution in [0.2, 0.25) is 0 Å². The number of aliphatic hydroxyl groups excluding tert-OH is 1. The Bertz CT molecular complexity index is 352. The first-order valence-electron chi connectivity index (χ1n) is 6.35. The molecule has 3 nitrogen and oxygen atoms in total. The number of rotatable bonds is 3. The van der Waals surface area contributed by atoms with E-state index < -0.39 is 0 Å². The van der Waals surface area contributed by atoms with Gasteiger partial charge in [-0.1, -0.05) is 18.2 Å². The predicted octanol–water partition coefficient (Wildman–Crippen LogP) is 1.24. The van der Waals surface area contributed by atoms with Crippen LogP contribution in [-0.4, -0.2) is 42.8 Å². The fourth-order valence-electron chi connectivity index (χ4n) is 2.74. The average molecular weight is 234 g/mol. The van der Waals surface area contributed by atoms with Crippen LogP contribution in [0.25, 0.3) is 0 Å². The first-order valence-corrected chi connectivity index (χ1v) is 6.35. The molecular formula is C14H22N2O. The minimum Gasteiger partial charge on any atom is -0.394 e. The minimum absolute atomic E-state index is 0.151. The van der Waals surface area contributed by atoms with E-state index in [9.17, 15) is 5.11 Å². The van der Waals surface area contributed by atoms with Crippen molar-refractivity contribution in [3.8, 4) is 0 Å². The Morgan fingerprint density at radius 3 is 2.35 bits per heavy atom. The third kappa shape index (κ3) is 2.68. The van der Waals surface area contributed by atoms with Crippen molar-refractivity contribution in [1.82, 2.24) is 10.2 Å². The van der Waals surface area contributed by atoms with Gasteiger partial charge >= 0.3 is 0 Å². The standard InChI is InChI=1S/C14H22N2O/c1-11-4-3-5-12(2)14(11)13(10-17)16-8-6-15-7-9-16/h3-5,13,15,17H,6-10H2,1-2H3. The quantitative estimate of drug-likeness (QED) is 0.826. The normalized spacial score (nSPS) is 19.2. The van der Waals surface area contributed by atoms with E-state index in [4.69, 9.17) is 0 Å². The maximum Gasteiger partial charge on any atom is 0.0628 e. The van der Waals surface area contributed by atoms with Crippen LogP contribution in [0.15, 0.2) is 18.2 Å². The van der Waals surface area contributed by atoms with Crippen LogP contribution < -0.4 is 5.32 Å². The number of aryl methyl sites for hydroxylation is 2. The van der Waals surface area contributed by atoms with E-state index in [2.05, 4.69) is 42.3 Å². The largest absolute Gasteiger partial charge is 0.394 e. The van der Waals surface area contributed by atoms with Crippen LogP contribution in [0.4, 0.5) is 0 Å². The Balaban J connectivity index is 2.27. The van der Waals surface area contributed by atoms with Gasteiger partial charge in [-0.2, -0.15) is 0 Å². The maximum atomic E-state index is 9.72. The SMILES string of the molecule is Cc1cccc(C)c1C(CO)N1CCNCC1. The zero-order valence-electron chi connectivity index (χ0n) is 10.7. The Labute approximate surface area is 103 Å². The molecule has 1 heterocycles. The van der Waals surface area contributed by atoms with Crippen LogP contribution in [0.3, 0.4) is 0 Å². The van der Waals surface area contributed by atoms with Crippen LogP contribution in [0, 0.1) is 13.8 Å². The Morgan fingerprint density at radius 2 is 1.82 bits per heavy atom. The summed E-state index contributed by atoms with van der Waals surface area (Å²) in [7, 11) is 0. The molecule has 0 bridgehead atoms. The van der Waals surface area contributed by atoms with Gasteiger partial charge in [-0.3, -0.25) is 4.90 Å². The number of nitrogens with one attached hydrogen (secondary N) is 1. The molecule has 1 aliphatic rings. The summed E-state index contributed by atoms with van der Waals surface area (Å²) in [6.07, 6.45) is 0. The molecule has 1 saturated heterocycles. The van der Waals surface area contributed by atoms with Gasteiger partial charge in [0.2, 0.25) is 0 Å². The van der Waals surface area contributed by atoms with Crippen LogP contribution >= 0.6 is 0 Å². The third-order valence-corrected chi connectivity index (χ3v) is 3.64. The van der Waals surface area contributed by atoms with Gasteiger partial charge < -0.3 is 10.4 Å². The predicted molar refractivity (Wildman–Crippen MR) is 70.2 cm³/mol. The lowest BCUT2D eigenvalue weighted by Crippen LogP contribution is -2.46. The van der Waals surface area contributed by atoms with E-state index in [0.717, 1.165) is 26.2 Å². The molecule has 0 aliphatic carbocycles. The highest BCUT2D eigenvalue weighted by Crippen LogP contribution is 2.26. The molecule has 2 N–H and O–H groups in total. The van der Waals surface area contributed by atoms with E-state index in [0.29, 0.717) is 0 Å². The number of piperazine rings is 1. The first-order chi connectivity index (χ1) is 8.24. The number of hydrogen-bond acceptors (Lipinski definition) is 3. The van der Waals surface area contributed by atoms with Crippen LogP contribution in [0.5, 0.6) is 0 Å². The lowest BCUT2D eigenvalue weighted by Gasteiger charge is -2.35. The Kier molecular flexibility index (Phi) is 4.15. The Hall–Kier alpha value is -0.900. The highest BCUT2D eigenvalue weighted by atomic mass is 16.3. The van der Waals surface area contributed by atoms with Gasteiger partial charge in [-0.05, 0) is 30.5 Å². The van der Waals surface area contributed by atoms with E-state index in [1.54, 1.807) is 0 Å². The molecule has 1 aromatic carbocycles. The summed E-state index contributed by atoms with van der Waals surface area (Å²) in [6.45, 7) is 8.52. The molecule has 0 amide bonds. The molecule has 1 fully saturated rings. The monoisotopic (exact) mass is 234 g/mol. The van der Waals surface area contributed by atoms with Crippen molar-refractivity contribution in [3.63, 3.8) is 0 Å². The fraction of sp³-hybridized carbons (Fsp3) is 0.571. The Morgan fingerprint density at radius 1 is 1.24 bits per heavy atom. The summed E-state index contributed by atoms with van der Waals surface area (Å²) in [5, 5.41) is 13.1. The molecule has 0 aromatic heterocycles. The average Bonchev–Trinajstić information content (AvgIpc) is 2.35. The zero-order chi connectivity index (χ0) is 12.3. The molecule has 1 aliphatic heterocycles. The summed E-state index contributed by atoms with van der Waals surface area (Å²) in [6, 6.07) is 6.50. The van der Waals surface area contributed by atoms with Crippen molar-refractivity contribution >= 4 is 0 Å². The van der Waals surface area contributed by atoms with E-state index in [1.165, 1.54) is 16.7 Å². The van der Waals surface area contributed by atoms with Gasteiger partial charge in [0.1, 0.15) is 0 Å². The number of hydrogen-bond donors (Lipinski definition) is 2. The second kappa shape index (κ2) is 5.63. The molecule has 17 heavy (non-hydrogen) atoms. The highest BCUT2D eigenvalue weighted by molar-refractivity contribution is 5.36. The molecule has 1 atom stereocenters. The lowest BCUT2D eigenvalue weighted by molar-refractivity contribution is 0.110. The van der Waals surface area contributed by atoms with Crippen LogP contribution in [-0.2, 0) is 0 Å². The van der Waals surface area contributed by atoms with Gasteiger partial charge in [-0.25, -0.2) is 0 Å². The molecule has 1 unspecified atom stereocenters. The smallest absolute Gasteiger partial charge is 0.0628 e. The highest BCUT2D eigenvalue weighted by Gasteiger charge is 2.23. The fourth-order valence-corrected chi connectivity index (χ4v) is 2.74. The van der Waals surface area contributed by atoms with Crippen molar-refractivity contribution in [1.29, 1.82) is 0 Å². The molecule has 1 aromatic rings. The van der Waals surface area contributed by atoms with Crippen molar-refractivity contribution in [2.75, 3.05) is 32.8 Å². The first kappa shape index (κ1) is 12.6. The zero-order valence-corrected chi connectivity index (χ0v) is 10.7. The molecule has 0 saturated carbocycles. The topological polar surface area (TPSA) is 35.5 Å². The van der Waals surface area contributed by atoms with E-state index in [-0.39, 0.29) is 12.6 Å². The molecule has 3 heteroatoms. The number of aliphatic hydroxyl groups is 1.